The fourth-order valence-electron chi connectivity index (χ4n) is 2.76. The van der Waals surface area contributed by atoms with E-state index in [9.17, 15) is 8.42 Å². The summed E-state index contributed by atoms with van der Waals surface area (Å²) in [6, 6.07) is 0.302. The molecule has 2 N–H and O–H groups in total. The Balaban J connectivity index is 1.82. The van der Waals surface area contributed by atoms with Crippen LogP contribution in [0.25, 0.3) is 0 Å². The van der Waals surface area contributed by atoms with Crippen LogP contribution < -0.4 is 10.0 Å². The van der Waals surface area contributed by atoms with Crippen LogP contribution in [0.1, 0.15) is 39.0 Å². The first-order valence-electron chi connectivity index (χ1n) is 7.06. The predicted octanol–water partition coefficient (Wildman–Crippen LogP) is 0.695. The second kappa shape index (κ2) is 6.32. The fourth-order valence-corrected chi connectivity index (χ4v) is 4.17. The molecule has 0 aromatic rings. The molecule has 5 nitrogen and oxygen atoms in total. The molecule has 0 aromatic carbocycles. The van der Waals surface area contributed by atoms with E-state index >= 15 is 0 Å². The molecular weight excluding hydrogens is 250 g/mol. The minimum Gasteiger partial charge on any atom is -0.313 e. The van der Waals surface area contributed by atoms with Crippen LogP contribution in [0, 0.1) is 5.92 Å². The molecule has 2 rings (SSSR count). The lowest BCUT2D eigenvalue weighted by Gasteiger charge is -2.31. The third-order valence-corrected chi connectivity index (χ3v) is 5.43. The first-order valence-corrected chi connectivity index (χ1v) is 8.50. The van der Waals surface area contributed by atoms with E-state index in [0.717, 1.165) is 25.8 Å². The summed E-state index contributed by atoms with van der Waals surface area (Å²) in [4.78, 5) is 0. The quantitative estimate of drug-likeness (QED) is 0.794. The molecule has 2 aliphatic rings. The Labute approximate surface area is 110 Å². The van der Waals surface area contributed by atoms with E-state index in [1.54, 1.807) is 4.31 Å². The zero-order valence-corrected chi connectivity index (χ0v) is 12.0. The molecule has 0 aliphatic carbocycles. The van der Waals surface area contributed by atoms with Gasteiger partial charge in [-0.3, -0.25) is 0 Å². The van der Waals surface area contributed by atoms with Crippen molar-refractivity contribution < 1.29 is 8.42 Å². The molecule has 106 valence electrons. The molecule has 0 saturated carbocycles. The number of hydrogen-bond donors (Lipinski definition) is 2. The van der Waals surface area contributed by atoms with E-state index in [-0.39, 0.29) is 0 Å². The van der Waals surface area contributed by atoms with Crippen LogP contribution >= 0.6 is 0 Å². The van der Waals surface area contributed by atoms with Crippen LogP contribution in [0.5, 0.6) is 0 Å². The van der Waals surface area contributed by atoms with Crippen molar-refractivity contribution >= 4 is 10.2 Å². The van der Waals surface area contributed by atoms with Gasteiger partial charge in [-0.15, -0.1) is 0 Å². The number of nitrogens with zero attached hydrogens (tertiary/aromatic N) is 1. The summed E-state index contributed by atoms with van der Waals surface area (Å²) in [6.45, 7) is 4.97. The van der Waals surface area contributed by atoms with Gasteiger partial charge in [0, 0.05) is 25.7 Å². The summed E-state index contributed by atoms with van der Waals surface area (Å²) >= 11 is 0. The molecule has 2 saturated heterocycles. The zero-order chi connectivity index (χ0) is 13.0. The summed E-state index contributed by atoms with van der Waals surface area (Å²) in [5.74, 6) is 0.475. The smallest absolute Gasteiger partial charge is 0.279 e. The molecule has 2 atom stereocenters. The molecule has 6 heteroatoms. The molecule has 0 amide bonds. The number of piperidine rings is 2. The molecule has 2 heterocycles. The molecule has 2 fully saturated rings. The summed E-state index contributed by atoms with van der Waals surface area (Å²) < 4.78 is 28.7. The van der Waals surface area contributed by atoms with Gasteiger partial charge < -0.3 is 5.32 Å². The lowest BCUT2D eigenvalue weighted by atomic mass is 10.0. The Bertz CT molecular complexity index is 352. The Morgan fingerprint density at radius 3 is 2.78 bits per heavy atom. The van der Waals surface area contributed by atoms with Crippen molar-refractivity contribution in [2.75, 3.05) is 26.2 Å². The van der Waals surface area contributed by atoms with Crippen molar-refractivity contribution in [2.24, 2.45) is 5.92 Å². The second-order valence-electron chi connectivity index (χ2n) is 5.61. The van der Waals surface area contributed by atoms with Gasteiger partial charge in [-0.2, -0.15) is 12.7 Å². The standard InChI is InChI=1S/C12H25N3O2S/c1-11-5-4-8-15(10-11)18(16,17)14-9-12-6-2-3-7-13-12/h11-14H,2-10H2,1H3. The number of nitrogens with one attached hydrogen (secondary N) is 2. The highest BCUT2D eigenvalue weighted by Crippen LogP contribution is 2.17. The number of hydrogen-bond acceptors (Lipinski definition) is 3. The van der Waals surface area contributed by atoms with Crippen LogP contribution in [0.15, 0.2) is 0 Å². The maximum Gasteiger partial charge on any atom is 0.279 e. The summed E-state index contributed by atoms with van der Waals surface area (Å²) in [7, 11) is -3.27. The first-order chi connectivity index (χ1) is 8.58. The highest BCUT2D eigenvalue weighted by molar-refractivity contribution is 7.87. The van der Waals surface area contributed by atoms with Gasteiger partial charge in [-0.05, 0) is 38.1 Å². The van der Waals surface area contributed by atoms with Crippen molar-refractivity contribution in [1.29, 1.82) is 0 Å². The van der Waals surface area contributed by atoms with Crippen molar-refractivity contribution in [1.82, 2.24) is 14.3 Å². The highest BCUT2D eigenvalue weighted by Gasteiger charge is 2.27. The molecule has 18 heavy (non-hydrogen) atoms. The summed E-state index contributed by atoms with van der Waals surface area (Å²) in [6.07, 6.45) is 5.58. The first kappa shape index (κ1) is 14.2. The Morgan fingerprint density at radius 1 is 1.28 bits per heavy atom. The largest absolute Gasteiger partial charge is 0.313 e. The Morgan fingerprint density at radius 2 is 2.11 bits per heavy atom. The SMILES string of the molecule is CC1CCCN(S(=O)(=O)NCC2CCCCN2)C1. The molecular formula is C12H25N3O2S. The normalized spacial score (nSPS) is 31.4. The zero-order valence-electron chi connectivity index (χ0n) is 11.2. The predicted molar refractivity (Wildman–Crippen MR) is 72.5 cm³/mol. The van der Waals surface area contributed by atoms with E-state index in [1.807, 2.05) is 0 Å². The van der Waals surface area contributed by atoms with Gasteiger partial charge in [-0.1, -0.05) is 13.3 Å². The maximum atomic E-state index is 12.2. The van der Waals surface area contributed by atoms with Gasteiger partial charge >= 0.3 is 0 Å². The van der Waals surface area contributed by atoms with Gasteiger partial charge in [0.25, 0.3) is 10.2 Å². The van der Waals surface area contributed by atoms with Gasteiger partial charge in [0.2, 0.25) is 0 Å². The van der Waals surface area contributed by atoms with Crippen LogP contribution in [-0.4, -0.2) is 44.9 Å². The van der Waals surface area contributed by atoms with Crippen molar-refractivity contribution in [3.05, 3.63) is 0 Å². The minimum absolute atomic E-state index is 0.302. The highest BCUT2D eigenvalue weighted by atomic mass is 32.2. The molecule has 2 unspecified atom stereocenters. The third-order valence-electron chi connectivity index (χ3n) is 3.88. The monoisotopic (exact) mass is 275 g/mol. The van der Waals surface area contributed by atoms with E-state index in [1.165, 1.54) is 12.8 Å². The van der Waals surface area contributed by atoms with Crippen molar-refractivity contribution in [3.63, 3.8) is 0 Å². The summed E-state index contributed by atoms with van der Waals surface area (Å²) in [5.41, 5.74) is 0. The van der Waals surface area contributed by atoms with Crippen molar-refractivity contribution in [3.8, 4) is 0 Å². The average molecular weight is 275 g/mol. The van der Waals surface area contributed by atoms with Gasteiger partial charge in [0.05, 0.1) is 0 Å². The van der Waals surface area contributed by atoms with E-state index in [4.69, 9.17) is 0 Å². The fraction of sp³-hybridized carbons (Fsp3) is 1.00. The van der Waals surface area contributed by atoms with Crippen LogP contribution in [-0.2, 0) is 10.2 Å². The topological polar surface area (TPSA) is 61.4 Å². The van der Waals surface area contributed by atoms with Gasteiger partial charge in [0.15, 0.2) is 0 Å². The van der Waals surface area contributed by atoms with Crippen LogP contribution in [0.3, 0.4) is 0 Å². The minimum atomic E-state index is -3.27. The Hall–Kier alpha value is -0.170. The van der Waals surface area contributed by atoms with E-state index < -0.39 is 10.2 Å². The van der Waals surface area contributed by atoms with Crippen LogP contribution in [0.2, 0.25) is 0 Å². The van der Waals surface area contributed by atoms with Crippen LogP contribution in [0.4, 0.5) is 0 Å². The average Bonchev–Trinajstić information content (AvgIpc) is 2.38. The van der Waals surface area contributed by atoms with Crippen molar-refractivity contribution in [2.45, 2.75) is 45.1 Å². The van der Waals surface area contributed by atoms with E-state index in [0.29, 0.717) is 31.6 Å². The molecule has 0 aromatic heterocycles. The summed E-state index contributed by atoms with van der Waals surface area (Å²) in [5, 5.41) is 3.36. The molecule has 0 bridgehead atoms. The third kappa shape index (κ3) is 3.91. The Kier molecular flexibility index (Phi) is 5.00. The number of rotatable bonds is 4. The molecule has 2 aliphatic heterocycles. The lowest BCUT2D eigenvalue weighted by Crippen LogP contribution is -2.50. The second-order valence-corrected chi connectivity index (χ2v) is 7.36. The molecule has 0 spiro atoms. The lowest BCUT2D eigenvalue weighted by molar-refractivity contribution is 0.277. The maximum absolute atomic E-state index is 12.2. The molecule has 0 radical (unpaired) electrons. The van der Waals surface area contributed by atoms with Gasteiger partial charge in [-0.25, -0.2) is 4.72 Å². The van der Waals surface area contributed by atoms with E-state index in [2.05, 4.69) is 17.0 Å². The van der Waals surface area contributed by atoms with Gasteiger partial charge in [0.1, 0.15) is 0 Å².